The molecule has 3 nitrogen and oxygen atoms in total. The highest BCUT2D eigenvalue weighted by atomic mass is 79.9. The van der Waals surface area contributed by atoms with E-state index in [-0.39, 0.29) is 5.82 Å². The first-order valence-corrected chi connectivity index (χ1v) is 5.70. The molecule has 0 aliphatic carbocycles. The van der Waals surface area contributed by atoms with E-state index in [0.29, 0.717) is 6.54 Å². The number of benzene rings is 1. The number of halogens is 2. The highest BCUT2D eigenvalue weighted by Gasteiger charge is 2.06. The first-order chi connectivity index (χ1) is 7.70. The third-order valence-electron chi connectivity index (χ3n) is 2.21. The van der Waals surface area contributed by atoms with Crippen molar-refractivity contribution < 1.29 is 4.39 Å². The lowest BCUT2D eigenvalue weighted by molar-refractivity contribution is 0.627. The van der Waals surface area contributed by atoms with Gasteiger partial charge in [-0.2, -0.15) is 5.10 Å². The van der Waals surface area contributed by atoms with Crippen LogP contribution in [0.5, 0.6) is 0 Å². The van der Waals surface area contributed by atoms with Crippen LogP contribution in [0.4, 0.5) is 4.39 Å². The molecule has 0 fully saturated rings. The van der Waals surface area contributed by atoms with Gasteiger partial charge in [0, 0.05) is 12.6 Å². The van der Waals surface area contributed by atoms with Gasteiger partial charge in [-0.1, -0.05) is 0 Å². The van der Waals surface area contributed by atoms with E-state index in [2.05, 4.69) is 21.0 Å². The molecule has 0 bridgehead atoms. The van der Waals surface area contributed by atoms with Gasteiger partial charge in [0.25, 0.3) is 0 Å². The van der Waals surface area contributed by atoms with E-state index in [1.807, 2.05) is 6.20 Å². The maximum absolute atomic E-state index is 12.8. The molecule has 0 aliphatic rings. The summed E-state index contributed by atoms with van der Waals surface area (Å²) in [7, 11) is 0. The van der Waals surface area contributed by atoms with E-state index >= 15 is 0 Å². The Morgan fingerprint density at radius 1 is 1.31 bits per heavy atom. The summed E-state index contributed by atoms with van der Waals surface area (Å²) in [6, 6.07) is 6.18. The largest absolute Gasteiger partial charge is 0.330 e. The summed E-state index contributed by atoms with van der Waals surface area (Å²) in [5.41, 5.74) is 7.21. The van der Waals surface area contributed by atoms with Crippen LogP contribution in [-0.2, 0) is 6.42 Å². The Morgan fingerprint density at radius 3 is 2.62 bits per heavy atom. The summed E-state index contributed by atoms with van der Waals surface area (Å²) in [6.45, 7) is 0.555. The monoisotopic (exact) mass is 283 g/mol. The van der Waals surface area contributed by atoms with Crippen LogP contribution in [0.2, 0.25) is 0 Å². The van der Waals surface area contributed by atoms with Crippen molar-refractivity contribution in [2.75, 3.05) is 6.54 Å². The van der Waals surface area contributed by atoms with Crippen molar-refractivity contribution >= 4 is 15.9 Å². The van der Waals surface area contributed by atoms with E-state index in [4.69, 9.17) is 5.73 Å². The van der Waals surface area contributed by atoms with E-state index in [1.54, 1.807) is 16.8 Å². The Hall–Kier alpha value is -1.20. The van der Waals surface area contributed by atoms with Gasteiger partial charge in [0.05, 0.1) is 15.9 Å². The Labute approximate surface area is 101 Å². The molecule has 84 valence electrons. The maximum Gasteiger partial charge on any atom is 0.123 e. The normalized spacial score (nSPS) is 10.7. The molecule has 2 N–H and O–H groups in total. The molecule has 0 saturated carbocycles. The van der Waals surface area contributed by atoms with Crippen LogP contribution in [0.25, 0.3) is 5.69 Å². The molecule has 1 aromatic heterocycles. The van der Waals surface area contributed by atoms with Crippen LogP contribution in [0.3, 0.4) is 0 Å². The molecular formula is C11H11BrFN3. The van der Waals surface area contributed by atoms with Crippen molar-refractivity contribution in [1.29, 1.82) is 0 Å². The lowest BCUT2D eigenvalue weighted by atomic mass is 10.3. The van der Waals surface area contributed by atoms with E-state index in [0.717, 1.165) is 22.3 Å². The lowest BCUT2D eigenvalue weighted by Gasteiger charge is -2.00. The molecule has 0 unspecified atom stereocenters. The molecule has 2 aromatic rings. The first-order valence-electron chi connectivity index (χ1n) is 4.91. The van der Waals surface area contributed by atoms with Crippen LogP contribution in [0, 0.1) is 5.82 Å². The van der Waals surface area contributed by atoms with E-state index < -0.39 is 0 Å². The Bertz CT molecular complexity index is 478. The van der Waals surface area contributed by atoms with Crippen LogP contribution in [0.15, 0.2) is 34.9 Å². The summed E-state index contributed by atoms with van der Waals surface area (Å²) in [5, 5.41) is 4.37. The average Bonchev–Trinajstić information content (AvgIpc) is 2.62. The minimum absolute atomic E-state index is 0.253. The molecule has 16 heavy (non-hydrogen) atoms. The van der Waals surface area contributed by atoms with Gasteiger partial charge in [0.15, 0.2) is 0 Å². The average molecular weight is 284 g/mol. The van der Waals surface area contributed by atoms with Crippen molar-refractivity contribution in [3.63, 3.8) is 0 Å². The summed E-state index contributed by atoms with van der Waals surface area (Å²) >= 11 is 3.42. The molecule has 0 spiro atoms. The second-order valence-electron chi connectivity index (χ2n) is 3.38. The van der Waals surface area contributed by atoms with Crippen LogP contribution < -0.4 is 5.73 Å². The van der Waals surface area contributed by atoms with Crippen molar-refractivity contribution in [3.8, 4) is 5.69 Å². The fraction of sp³-hybridized carbons (Fsp3) is 0.182. The zero-order chi connectivity index (χ0) is 11.5. The Balaban J connectivity index is 2.33. The lowest BCUT2D eigenvalue weighted by Crippen LogP contribution is -2.04. The third kappa shape index (κ3) is 2.31. The SMILES string of the molecule is NCCc1nn(-c2ccc(F)cc2)cc1Br. The van der Waals surface area contributed by atoms with E-state index in [1.165, 1.54) is 12.1 Å². The summed E-state index contributed by atoms with van der Waals surface area (Å²) in [4.78, 5) is 0. The molecule has 0 atom stereocenters. The standard InChI is InChI=1S/C11H11BrFN3/c12-10-7-16(15-11(10)5-6-14)9-3-1-8(13)2-4-9/h1-4,7H,5-6,14H2. The Kier molecular flexibility index (Phi) is 3.36. The first kappa shape index (κ1) is 11.3. The van der Waals surface area contributed by atoms with Gasteiger partial charge in [-0.15, -0.1) is 0 Å². The number of nitrogens with two attached hydrogens (primary N) is 1. The zero-order valence-electron chi connectivity index (χ0n) is 8.53. The van der Waals surface area contributed by atoms with Gasteiger partial charge in [0.1, 0.15) is 5.82 Å². The van der Waals surface area contributed by atoms with Gasteiger partial charge < -0.3 is 5.73 Å². The molecular weight excluding hydrogens is 273 g/mol. The van der Waals surface area contributed by atoms with Gasteiger partial charge in [0.2, 0.25) is 0 Å². The number of nitrogens with zero attached hydrogens (tertiary/aromatic N) is 2. The number of hydrogen-bond donors (Lipinski definition) is 1. The summed E-state index contributed by atoms with van der Waals surface area (Å²) in [5.74, 6) is -0.253. The minimum atomic E-state index is -0.253. The molecule has 1 heterocycles. The molecule has 0 amide bonds. The minimum Gasteiger partial charge on any atom is -0.330 e. The highest BCUT2D eigenvalue weighted by molar-refractivity contribution is 9.10. The number of aromatic nitrogens is 2. The molecule has 1 aromatic carbocycles. The summed E-state index contributed by atoms with van der Waals surface area (Å²) in [6.07, 6.45) is 2.56. The van der Waals surface area contributed by atoms with Crippen molar-refractivity contribution in [3.05, 3.63) is 46.4 Å². The van der Waals surface area contributed by atoms with Crippen molar-refractivity contribution in [1.82, 2.24) is 9.78 Å². The predicted molar refractivity (Wildman–Crippen MR) is 64.0 cm³/mol. The van der Waals surface area contributed by atoms with E-state index in [9.17, 15) is 4.39 Å². The molecule has 2 rings (SSSR count). The molecule has 0 aliphatic heterocycles. The number of rotatable bonds is 3. The highest BCUT2D eigenvalue weighted by Crippen LogP contribution is 2.18. The van der Waals surface area contributed by atoms with Crippen LogP contribution >= 0.6 is 15.9 Å². The summed E-state index contributed by atoms with van der Waals surface area (Å²) < 4.78 is 15.4. The fourth-order valence-corrected chi connectivity index (χ4v) is 1.89. The number of hydrogen-bond acceptors (Lipinski definition) is 2. The Morgan fingerprint density at radius 2 is 2.00 bits per heavy atom. The zero-order valence-corrected chi connectivity index (χ0v) is 10.1. The smallest absolute Gasteiger partial charge is 0.123 e. The topological polar surface area (TPSA) is 43.8 Å². The maximum atomic E-state index is 12.8. The van der Waals surface area contributed by atoms with Crippen molar-refractivity contribution in [2.45, 2.75) is 6.42 Å². The van der Waals surface area contributed by atoms with Gasteiger partial charge >= 0.3 is 0 Å². The second-order valence-corrected chi connectivity index (χ2v) is 4.24. The van der Waals surface area contributed by atoms with Gasteiger partial charge in [-0.3, -0.25) is 0 Å². The molecule has 0 radical (unpaired) electrons. The van der Waals surface area contributed by atoms with Gasteiger partial charge in [-0.25, -0.2) is 9.07 Å². The second kappa shape index (κ2) is 4.76. The molecule has 5 heteroatoms. The van der Waals surface area contributed by atoms with Gasteiger partial charge in [-0.05, 0) is 46.7 Å². The van der Waals surface area contributed by atoms with Crippen LogP contribution in [-0.4, -0.2) is 16.3 Å². The fourth-order valence-electron chi connectivity index (χ4n) is 1.42. The quantitative estimate of drug-likeness (QED) is 0.939. The predicted octanol–water partition coefficient (Wildman–Crippen LogP) is 2.28. The van der Waals surface area contributed by atoms with Crippen molar-refractivity contribution in [2.24, 2.45) is 5.73 Å². The van der Waals surface area contributed by atoms with Crippen LogP contribution in [0.1, 0.15) is 5.69 Å². The third-order valence-corrected chi connectivity index (χ3v) is 2.87. The molecule has 0 saturated heterocycles.